The first-order chi connectivity index (χ1) is 7.67. The maximum Gasteiger partial charge on any atom is 0.0750 e. The molecule has 0 aromatic heterocycles. The summed E-state index contributed by atoms with van der Waals surface area (Å²) >= 11 is 0. The minimum atomic E-state index is 0.294. The number of terminal acetylenes is 1. The molecule has 16 heavy (non-hydrogen) atoms. The van der Waals surface area contributed by atoms with Gasteiger partial charge in [0.25, 0.3) is 0 Å². The SMILES string of the molecule is C#CCCCC(NCC)C(OCC)C(C)C. The summed E-state index contributed by atoms with van der Waals surface area (Å²) in [5.41, 5.74) is 0. The van der Waals surface area contributed by atoms with E-state index in [0.29, 0.717) is 18.1 Å². The molecule has 0 aromatic carbocycles. The lowest BCUT2D eigenvalue weighted by Crippen LogP contribution is -2.44. The Morgan fingerprint density at radius 3 is 2.44 bits per heavy atom. The second-order valence-electron chi connectivity index (χ2n) is 4.42. The summed E-state index contributed by atoms with van der Waals surface area (Å²) in [5.74, 6) is 3.23. The van der Waals surface area contributed by atoms with Gasteiger partial charge < -0.3 is 10.1 Å². The van der Waals surface area contributed by atoms with Gasteiger partial charge >= 0.3 is 0 Å². The summed E-state index contributed by atoms with van der Waals surface area (Å²) < 4.78 is 5.83. The fourth-order valence-electron chi connectivity index (χ4n) is 2.03. The van der Waals surface area contributed by atoms with Gasteiger partial charge in [-0.05, 0) is 32.2 Å². The molecule has 0 aromatic rings. The van der Waals surface area contributed by atoms with Crippen LogP contribution in [-0.4, -0.2) is 25.3 Å². The zero-order valence-electron chi connectivity index (χ0n) is 11.3. The van der Waals surface area contributed by atoms with Crippen molar-refractivity contribution in [3.8, 4) is 12.3 Å². The third-order valence-electron chi connectivity index (χ3n) is 2.72. The summed E-state index contributed by atoms with van der Waals surface area (Å²) in [4.78, 5) is 0. The average Bonchev–Trinajstić information content (AvgIpc) is 2.25. The number of hydrogen-bond acceptors (Lipinski definition) is 2. The van der Waals surface area contributed by atoms with Crippen LogP contribution in [0, 0.1) is 18.3 Å². The van der Waals surface area contributed by atoms with Crippen molar-refractivity contribution in [3.05, 3.63) is 0 Å². The van der Waals surface area contributed by atoms with Gasteiger partial charge in [-0.3, -0.25) is 0 Å². The van der Waals surface area contributed by atoms with E-state index in [4.69, 9.17) is 11.2 Å². The molecule has 0 radical (unpaired) electrons. The van der Waals surface area contributed by atoms with Crippen molar-refractivity contribution >= 4 is 0 Å². The fraction of sp³-hybridized carbons (Fsp3) is 0.857. The second kappa shape index (κ2) is 9.69. The molecular formula is C14H27NO. The van der Waals surface area contributed by atoms with Crippen molar-refractivity contribution in [2.45, 2.75) is 59.1 Å². The predicted molar refractivity (Wildman–Crippen MR) is 70.4 cm³/mol. The zero-order valence-corrected chi connectivity index (χ0v) is 11.3. The van der Waals surface area contributed by atoms with Gasteiger partial charge in [-0.15, -0.1) is 12.3 Å². The lowest BCUT2D eigenvalue weighted by molar-refractivity contribution is 0.00151. The van der Waals surface area contributed by atoms with E-state index in [0.717, 1.165) is 32.4 Å². The first-order valence-corrected chi connectivity index (χ1v) is 6.45. The van der Waals surface area contributed by atoms with Crippen LogP contribution in [0.1, 0.15) is 47.0 Å². The Bertz CT molecular complexity index is 195. The van der Waals surface area contributed by atoms with E-state index >= 15 is 0 Å². The molecule has 2 atom stereocenters. The minimum Gasteiger partial charge on any atom is -0.377 e. The van der Waals surface area contributed by atoms with Crippen molar-refractivity contribution in [1.29, 1.82) is 0 Å². The van der Waals surface area contributed by atoms with E-state index in [2.05, 4.69) is 38.9 Å². The van der Waals surface area contributed by atoms with Crippen LogP contribution in [-0.2, 0) is 4.74 Å². The average molecular weight is 225 g/mol. The van der Waals surface area contributed by atoms with Crippen LogP contribution in [0.4, 0.5) is 0 Å². The molecule has 0 fully saturated rings. The molecule has 0 heterocycles. The molecule has 0 aliphatic heterocycles. The molecule has 0 rings (SSSR count). The van der Waals surface area contributed by atoms with Crippen molar-refractivity contribution in [1.82, 2.24) is 5.32 Å². The standard InChI is InChI=1S/C14H27NO/c1-6-9-10-11-13(15-7-2)14(12(4)5)16-8-3/h1,12-15H,7-11H2,2-5H3. The van der Waals surface area contributed by atoms with Gasteiger partial charge in [0.05, 0.1) is 6.10 Å². The van der Waals surface area contributed by atoms with Crippen LogP contribution in [0.5, 0.6) is 0 Å². The summed E-state index contributed by atoms with van der Waals surface area (Å²) in [6.07, 6.45) is 8.61. The van der Waals surface area contributed by atoms with Crippen molar-refractivity contribution < 1.29 is 4.74 Å². The van der Waals surface area contributed by atoms with Crippen LogP contribution < -0.4 is 5.32 Å². The molecule has 0 aliphatic rings. The Balaban J connectivity index is 4.26. The molecule has 94 valence electrons. The lowest BCUT2D eigenvalue weighted by Gasteiger charge is -2.30. The second-order valence-corrected chi connectivity index (χ2v) is 4.42. The predicted octanol–water partition coefficient (Wildman–Crippen LogP) is 2.83. The Labute approximate surface area is 101 Å². The van der Waals surface area contributed by atoms with Crippen LogP contribution in [0.3, 0.4) is 0 Å². The molecule has 0 aliphatic carbocycles. The molecule has 0 saturated heterocycles. The summed E-state index contributed by atoms with van der Waals surface area (Å²) in [6.45, 7) is 10.4. The number of rotatable bonds is 9. The van der Waals surface area contributed by atoms with Crippen molar-refractivity contribution in [3.63, 3.8) is 0 Å². The van der Waals surface area contributed by atoms with Crippen LogP contribution >= 0.6 is 0 Å². The zero-order chi connectivity index (χ0) is 12.4. The molecule has 0 bridgehead atoms. The third kappa shape index (κ3) is 6.15. The Morgan fingerprint density at radius 1 is 1.31 bits per heavy atom. The van der Waals surface area contributed by atoms with Crippen molar-refractivity contribution in [2.24, 2.45) is 5.92 Å². The number of likely N-dealkylation sites (N-methyl/N-ethyl adjacent to an activating group) is 1. The molecule has 0 spiro atoms. The highest BCUT2D eigenvalue weighted by atomic mass is 16.5. The van der Waals surface area contributed by atoms with Gasteiger partial charge in [0.15, 0.2) is 0 Å². The van der Waals surface area contributed by atoms with Gasteiger partial charge in [-0.25, -0.2) is 0 Å². The normalized spacial score (nSPS) is 14.8. The van der Waals surface area contributed by atoms with Crippen LogP contribution in [0.15, 0.2) is 0 Å². The quantitative estimate of drug-likeness (QED) is 0.481. The summed E-state index contributed by atoms with van der Waals surface area (Å²) in [6, 6.07) is 0.429. The van der Waals surface area contributed by atoms with Crippen molar-refractivity contribution in [2.75, 3.05) is 13.2 Å². The van der Waals surface area contributed by atoms with Gasteiger partial charge in [0.2, 0.25) is 0 Å². The van der Waals surface area contributed by atoms with E-state index in [9.17, 15) is 0 Å². The molecule has 1 N–H and O–H groups in total. The highest BCUT2D eigenvalue weighted by Gasteiger charge is 2.23. The largest absolute Gasteiger partial charge is 0.377 e. The Morgan fingerprint density at radius 2 is 2.00 bits per heavy atom. The number of unbranched alkanes of at least 4 members (excludes halogenated alkanes) is 1. The monoisotopic (exact) mass is 225 g/mol. The Kier molecular flexibility index (Phi) is 9.37. The molecule has 0 amide bonds. The highest BCUT2D eigenvalue weighted by molar-refractivity contribution is 4.86. The van der Waals surface area contributed by atoms with Gasteiger partial charge in [-0.2, -0.15) is 0 Å². The smallest absolute Gasteiger partial charge is 0.0750 e. The topological polar surface area (TPSA) is 21.3 Å². The van der Waals surface area contributed by atoms with E-state index < -0.39 is 0 Å². The highest BCUT2D eigenvalue weighted by Crippen LogP contribution is 2.16. The molecule has 0 saturated carbocycles. The van der Waals surface area contributed by atoms with Gasteiger partial charge in [0.1, 0.15) is 0 Å². The summed E-state index contributed by atoms with van der Waals surface area (Å²) in [5, 5.41) is 3.51. The van der Waals surface area contributed by atoms with E-state index in [1.54, 1.807) is 0 Å². The molecule has 2 heteroatoms. The molecule has 2 nitrogen and oxygen atoms in total. The van der Waals surface area contributed by atoms with Gasteiger partial charge in [0, 0.05) is 19.1 Å². The van der Waals surface area contributed by atoms with E-state index in [1.165, 1.54) is 0 Å². The fourth-order valence-corrected chi connectivity index (χ4v) is 2.03. The van der Waals surface area contributed by atoms with Crippen LogP contribution in [0.2, 0.25) is 0 Å². The maximum atomic E-state index is 5.83. The van der Waals surface area contributed by atoms with Gasteiger partial charge in [-0.1, -0.05) is 20.8 Å². The lowest BCUT2D eigenvalue weighted by atomic mass is 9.95. The van der Waals surface area contributed by atoms with Crippen LogP contribution in [0.25, 0.3) is 0 Å². The first-order valence-electron chi connectivity index (χ1n) is 6.45. The van der Waals surface area contributed by atoms with E-state index in [1.807, 2.05) is 0 Å². The third-order valence-corrected chi connectivity index (χ3v) is 2.72. The number of ether oxygens (including phenoxy) is 1. The maximum absolute atomic E-state index is 5.83. The van der Waals surface area contributed by atoms with E-state index in [-0.39, 0.29) is 0 Å². The molecular weight excluding hydrogens is 198 g/mol. The summed E-state index contributed by atoms with van der Waals surface area (Å²) in [7, 11) is 0. The minimum absolute atomic E-state index is 0.294. The number of hydrogen-bond donors (Lipinski definition) is 1. The first kappa shape index (κ1) is 15.5. The number of nitrogens with one attached hydrogen (secondary N) is 1. The molecule has 2 unspecified atom stereocenters. The Hall–Kier alpha value is -0.520.